The molecule has 0 spiro atoms. The summed E-state index contributed by atoms with van der Waals surface area (Å²) in [5, 5.41) is 24.2. The van der Waals surface area contributed by atoms with Crippen molar-refractivity contribution in [3.63, 3.8) is 0 Å². The van der Waals surface area contributed by atoms with E-state index in [1.54, 1.807) is 24.3 Å². The molecular weight excluding hydrogens is 428 g/mol. The zero-order chi connectivity index (χ0) is 23.1. The zero-order valence-electron chi connectivity index (χ0n) is 17.6. The average Bonchev–Trinajstić information content (AvgIpc) is 2.77. The van der Waals surface area contributed by atoms with Gasteiger partial charge in [-0.25, -0.2) is 4.79 Å². The lowest BCUT2D eigenvalue weighted by molar-refractivity contribution is 0.103. The molecule has 1 amide bonds. The Balaban J connectivity index is 1.76. The predicted octanol–water partition coefficient (Wildman–Crippen LogP) is 5.18. The summed E-state index contributed by atoms with van der Waals surface area (Å²) in [6.45, 7) is 1.62. The molecule has 6 nitrogen and oxygen atoms in total. The van der Waals surface area contributed by atoms with Gasteiger partial charge in [0.15, 0.2) is 5.78 Å². The molecule has 3 aromatic rings. The number of rotatable bonds is 9. The molecule has 0 radical (unpaired) electrons. The number of hydrogen-bond donors (Lipinski definition) is 4. The molecule has 0 aliphatic carbocycles. The van der Waals surface area contributed by atoms with Crippen LogP contribution in [0.4, 0.5) is 16.2 Å². The smallest absolute Gasteiger partial charge is 0.404 e. The normalized spacial score (nSPS) is 11.6. The molecule has 0 heterocycles. The number of halogens is 1. The minimum Gasteiger partial charge on any atom is -0.465 e. The molecule has 7 heteroatoms. The van der Waals surface area contributed by atoms with Crippen molar-refractivity contribution in [2.45, 2.75) is 25.8 Å². The molecule has 0 aromatic heterocycles. The highest BCUT2D eigenvalue weighted by Crippen LogP contribution is 2.28. The number of hydrogen-bond acceptors (Lipinski definition) is 4. The fourth-order valence-corrected chi connectivity index (χ4v) is 3.75. The van der Waals surface area contributed by atoms with Crippen molar-refractivity contribution in [2.75, 3.05) is 11.9 Å². The standard InChI is InChI=1S/C25H25ClN2O4/c1-16-6-2-4-8-20(16)24(30)21-13-12-18(14-22(21)26)27-23-9-5-3-7-17(23)10-11-19(15-29)28-25(31)32/h2-9,12-14,19,27-29H,10-11,15H2,1H3,(H,31,32). The maximum absolute atomic E-state index is 12.9. The van der Waals surface area contributed by atoms with Crippen molar-refractivity contribution in [1.82, 2.24) is 5.32 Å². The molecule has 0 saturated heterocycles. The van der Waals surface area contributed by atoms with E-state index in [2.05, 4.69) is 10.6 Å². The monoisotopic (exact) mass is 452 g/mol. The van der Waals surface area contributed by atoms with Gasteiger partial charge in [0.1, 0.15) is 0 Å². The van der Waals surface area contributed by atoms with Crippen LogP contribution >= 0.6 is 11.6 Å². The molecule has 0 bridgehead atoms. The molecule has 3 rings (SSSR count). The van der Waals surface area contributed by atoms with Gasteiger partial charge in [-0.05, 0) is 55.2 Å². The summed E-state index contributed by atoms with van der Waals surface area (Å²) in [5.74, 6) is -0.124. The highest BCUT2D eigenvalue weighted by atomic mass is 35.5. The van der Waals surface area contributed by atoms with Gasteiger partial charge in [-0.1, -0.05) is 54.1 Å². The Morgan fingerprint density at radius 1 is 1.00 bits per heavy atom. The molecule has 4 N–H and O–H groups in total. The summed E-state index contributed by atoms with van der Waals surface area (Å²) in [6, 6.07) is 19.7. The number of carbonyl (C=O) groups excluding carboxylic acids is 1. The van der Waals surface area contributed by atoms with Gasteiger partial charge in [0, 0.05) is 22.5 Å². The van der Waals surface area contributed by atoms with Crippen LogP contribution in [0.5, 0.6) is 0 Å². The van der Waals surface area contributed by atoms with Crippen LogP contribution in [-0.2, 0) is 6.42 Å². The fourth-order valence-electron chi connectivity index (χ4n) is 3.48. The highest BCUT2D eigenvalue weighted by Gasteiger charge is 2.16. The fraction of sp³-hybridized carbons (Fsp3) is 0.200. The molecule has 0 aliphatic heterocycles. The lowest BCUT2D eigenvalue weighted by Gasteiger charge is -2.17. The van der Waals surface area contributed by atoms with Crippen molar-refractivity contribution in [2.24, 2.45) is 0 Å². The van der Waals surface area contributed by atoms with Gasteiger partial charge in [0.05, 0.1) is 17.7 Å². The Hall–Kier alpha value is -3.35. The van der Waals surface area contributed by atoms with Crippen LogP contribution in [0, 0.1) is 6.92 Å². The molecule has 0 fully saturated rings. The zero-order valence-corrected chi connectivity index (χ0v) is 18.4. The number of ketones is 1. The molecule has 0 saturated carbocycles. The first-order chi connectivity index (χ1) is 15.4. The maximum atomic E-state index is 12.9. The van der Waals surface area contributed by atoms with Crippen molar-refractivity contribution in [1.29, 1.82) is 0 Å². The summed E-state index contributed by atoms with van der Waals surface area (Å²) >= 11 is 6.45. The number of carboxylic acid groups (broad SMARTS) is 1. The van der Waals surface area contributed by atoms with Crippen molar-refractivity contribution < 1.29 is 19.8 Å². The van der Waals surface area contributed by atoms with E-state index in [0.29, 0.717) is 29.0 Å². The molecule has 0 aliphatic rings. The van der Waals surface area contributed by atoms with Crippen molar-refractivity contribution in [3.8, 4) is 0 Å². The van der Waals surface area contributed by atoms with Crippen molar-refractivity contribution in [3.05, 3.63) is 94.0 Å². The quantitative estimate of drug-likeness (QED) is 0.335. The van der Waals surface area contributed by atoms with Crippen molar-refractivity contribution >= 4 is 34.9 Å². The van der Waals surface area contributed by atoms with Gasteiger partial charge in [-0.3, -0.25) is 4.79 Å². The summed E-state index contributed by atoms with van der Waals surface area (Å²) in [7, 11) is 0. The minimum absolute atomic E-state index is 0.124. The molecular formula is C25H25ClN2O4. The Morgan fingerprint density at radius 3 is 2.41 bits per heavy atom. The number of anilines is 2. The van der Waals surface area contributed by atoms with Crippen LogP contribution in [0.3, 0.4) is 0 Å². The minimum atomic E-state index is -1.16. The third kappa shape index (κ3) is 5.87. The van der Waals surface area contributed by atoms with Gasteiger partial charge >= 0.3 is 6.09 Å². The highest BCUT2D eigenvalue weighted by molar-refractivity contribution is 6.35. The first kappa shape index (κ1) is 23.3. The topological polar surface area (TPSA) is 98.7 Å². The number of carbonyl (C=O) groups is 2. The van der Waals surface area contributed by atoms with Gasteiger partial charge in [-0.15, -0.1) is 0 Å². The van der Waals surface area contributed by atoms with Crippen LogP contribution in [0.25, 0.3) is 0 Å². The SMILES string of the molecule is Cc1ccccc1C(=O)c1ccc(Nc2ccccc2CCC(CO)NC(=O)O)cc1Cl. The van der Waals surface area contributed by atoms with E-state index >= 15 is 0 Å². The Bertz CT molecular complexity index is 1120. The number of amides is 1. The molecule has 1 unspecified atom stereocenters. The second kappa shape index (κ2) is 10.8. The number of para-hydroxylation sites is 1. The number of aliphatic hydroxyl groups is 1. The molecule has 3 aromatic carbocycles. The van der Waals surface area contributed by atoms with Gasteiger partial charge in [0.2, 0.25) is 0 Å². The third-order valence-electron chi connectivity index (χ3n) is 5.21. The number of benzene rings is 3. The van der Waals surface area contributed by atoms with Gasteiger partial charge < -0.3 is 20.8 Å². The summed E-state index contributed by atoms with van der Waals surface area (Å²) in [6.07, 6.45) is -0.149. The number of aryl methyl sites for hydroxylation is 2. The second-order valence-electron chi connectivity index (χ2n) is 7.49. The summed E-state index contributed by atoms with van der Waals surface area (Å²) in [4.78, 5) is 23.7. The average molecular weight is 453 g/mol. The molecule has 32 heavy (non-hydrogen) atoms. The second-order valence-corrected chi connectivity index (χ2v) is 7.90. The van der Waals surface area contributed by atoms with E-state index in [1.165, 1.54) is 0 Å². The Morgan fingerprint density at radius 2 is 1.72 bits per heavy atom. The van der Waals surface area contributed by atoms with E-state index in [0.717, 1.165) is 22.5 Å². The van der Waals surface area contributed by atoms with Crippen LogP contribution in [0.2, 0.25) is 5.02 Å². The van der Waals surface area contributed by atoms with Gasteiger partial charge in [-0.2, -0.15) is 0 Å². The molecule has 166 valence electrons. The first-order valence-electron chi connectivity index (χ1n) is 10.2. The maximum Gasteiger partial charge on any atom is 0.404 e. The lowest BCUT2D eigenvalue weighted by Crippen LogP contribution is -2.36. The summed E-state index contributed by atoms with van der Waals surface area (Å²) in [5.41, 5.74) is 4.48. The Labute approximate surface area is 191 Å². The summed E-state index contributed by atoms with van der Waals surface area (Å²) < 4.78 is 0. The van der Waals surface area contributed by atoms with E-state index in [4.69, 9.17) is 16.7 Å². The van der Waals surface area contributed by atoms with E-state index in [1.807, 2.05) is 49.4 Å². The van der Waals surface area contributed by atoms with Gasteiger partial charge in [0.25, 0.3) is 0 Å². The number of aliphatic hydroxyl groups excluding tert-OH is 1. The first-order valence-corrected chi connectivity index (χ1v) is 10.6. The number of nitrogens with one attached hydrogen (secondary N) is 2. The third-order valence-corrected chi connectivity index (χ3v) is 5.52. The predicted molar refractivity (Wildman–Crippen MR) is 126 cm³/mol. The van der Waals surface area contributed by atoms with Crippen LogP contribution < -0.4 is 10.6 Å². The van der Waals surface area contributed by atoms with Crippen LogP contribution in [-0.4, -0.2) is 34.7 Å². The largest absolute Gasteiger partial charge is 0.465 e. The van der Waals surface area contributed by atoms with E-state index in [-0.39, 0.29) is 12.4 Å². The van der Waals surface area contributed by atoms with Crippen LogP contribution in [0.15, 0.2) is 66.7 Å². The lowest BCUT2D eigenvalue weighted by atomic mass is 9.99. The molecule has 1 atom stereocenters. The van der Waals surface area contributed by atoms with Crippen LogP contribution in [0.1, 0.15) is 33.5 Å². The Kier molecular flexibility index (Phi) is 7.87. The van der Waals surface area contributed by atoms with E-state index < -0.39 is 12.1 Å². The van der Waals surface area contributed by atoms with E-state index in [9.17, 15) is 14.7 Å².